The van der Waals surface area contributed by atoms with Gasteiger partial charge in [-0.25, -0.2) is 15.0 Å². The molecule has 1 saturated carbocycles. The Labute approximate surface area is 220 Å². The Kier molecular flexibility index (Phi) is 6.04. The Morgan fingerprint density at radius 1 is 1.08 bits per heavy atom. The number of halogens is 1. The van der Waals surface area contributed by atoms with Gasteiger partial charge in [0.1, 0.15) is 16.8 Å². The van der Waals surface area contributed by atoms with Crippen molar-refractivity contribution in [1.29, 1.82) is 0 Å². The first kappa shape index (κ1) is 25.6. The molecule has 0 radical (unpaired) electrons. The zero-order chi connectivity index (χ0) is 26.1. The molecular weight excluding hydrogens is 490 g/mol. The molecule has 36 heavy (non-hydrogen) atoms. The average molecular weight is 528 g/mol. The highest BCUT2D eigenvalue weighted by Gasteiger charge is 2.49. The number of hydrogen-bond donors (Lipinski definition) is 0. The molecule has 0 bridgehead atoms. The van der Waals surface area contributed by atoms with Crippen LogP contribution in [0.25, 0.3) is 0 Å². The fourth-order valence-corrected chi connectivity index (χ4v) is 6.34. The third kappa shape index (κ3) is 4.35. The number of anilines is 3. The van der Waals surface area contributed by atoms with Crippen LogP contribution in [0, 0.1) is 5.41 Å². The molecule has 0 aromatic carbocycles. The van der Waals surface area contributed by atoms with Crippen LogP contribution < -0.4 is 9.80 Å². The average Bonchev–Trinajstić information content (AvgIpc) is 3.52. The van der Waals surface area contributed by atoms with Gasteiger partial charge in [-0.15, -0.1) is 0 Å². The number of amides is 1. The fraction of sp³-hybridized carbons (Fsp3) is 0.630. The molecular formula is C27H38ClN5O2Si. The summed E-state index contributed by atoms with van der Waals surface area (Å²) >= 11 is 6.68. The van der Waals surface area contributed by atoms with Crippen LogP contribution in [-0.2, 0) is 21.2 Å². The van der Waals surface area contributed by atoms with E-state index in [2.05, 4.69) is 43.7 Å². The van der Waals surface area contributed by atoms with Gasteiger partial charge in [0.25, 0.3) is 0 Å². The highest BCUT2D eigenvalue weighted by Crippen LogP contribution is 2.54. The molecule has 1 saturated heterocycles. The van der Waals surface area contributed by atoms with Crippen molar-refractivity contribution in [2.24, 2.45) is 5.41 Å². The summed E-state index contributed by atoms with van der Waals surface area (Å²) in [5.74, 6) is 1.90. The first-order chi connectivity index (χ1) is 16.7. The van der Waals surface area contributed by atoms with E-state index < -0.39 is 13.7 Å². The molecule has 0 unspecified atom stereocenters. The highest BCUT2D eigenvalue weighted by molar-refractivity contribution is 6.74. The van der Waals surface area contributed by atoms with Crippen molar-refractivity contribution in [2.75, 3.05) is 22.9 Å². The number of carbonyl (C=O) groups is 1. The Morgan fingerprint density at radius 2 is 1.75 bits per heavy atom. The largest absolute Gasteiger partial charge is 0.409 e. The minimum atomic E-state index is -2.00. The third-order valence-corrected chi connectivity index (χ3v) is 13.7. The van der Waals surface area contributed by atoms with Gasteiger partial charge >= 0.3 is 0 Å². The minimum Gasteiger partial charge on any atom is -0.409 e. The summed E-state index contributed by atoms with van der Waals surface area (Å²) in [7, 11) is -2.00. The van der Waals surface area contributed by atoms with Crippen LogP contribution in [0.4, 0.5) is 17.3 Å². The number of pyridine rings is 1. The number of aromatic nitrogens is 3. The number of piperidine rings is 1. The van der Waals surface area contributed by atoms with Crippen molar-refractivity contribution in [3.63, 3.8) is 0 Å². The monoisotopic (exact) mass is 527 g/mol. The molecule has 0 atom stereocenters. The molecule has 7 nitrogen and oxygen atoms in total. The van der Waals surface area contributed by atoms with Crippen LogP contribution in [0.1, 0.15) is 71.7 Å². The normalized spacial score (nSPS) is 20.7. The summed E-state index contributed by atoms with van der Waals surface area (Å²) in [6.45, 7) is 17.1. The predicted molar refractivity (Wildman–Crippen MR) is 147 cm³/mol. The van der Waals surface area contributed by atoms with Crippen molar-refractivity contribution in [1.82, 2.24) is 15.0 Å². The maximum Gasteiger partial charge on any atom is 0.243 e. The first-order valence-electron chi connectivity index (χ1n) is 13.0. The summed E-state index contributed by atoms with van der Waals surface area (Å²) in [4.78, 5) is 31.7. The Bertz CT molecular complexity index is 1180. The number of carbonyl (C=O) groups excluding carboxylic acids is 1. The predicted octanol–water partition coefficient (Wildman–Crippen LogP) is 6.38. The second-order valence-electron chi connectivity index (χ2n) is 12.8. The summed E-state index contributed by atoms with van der Waals surface area (Å²) in [5, 5.41) is 0.375. The minimum absolute atomic E-state index is 0.0680. The van der Waals surface area contributed by atoms with E-state index in [0.29, 0.717) is 33.5 Å². The standard InChI is InChI=1S/C27H38ClN5O2Si/c1-25(2,3)36(6,7)35-17-19-30-22(28)21-23(31-19)33(24(34)26(21,4)5)18-8-9-20(29-16-18)32-14-12-27(10-11-27)13-15-32/h8-9,16H,10-15,17H2,1-7H3. The van der Waals surface area contributed by atoms with E-state index >= 15 is 0 Å². The van der Waals surface area contributed by atoms with Crippen LogP contribution in [0.15, 0.2) is 18.3 Å². The lowest BCUT2D eigenvalue weighted by atomic mass is 9.88. The second kappa shape index (κ2) is 8.50. The molecule has 2 aromatic rings. The van der Waals surface area contributed by atoms with Crippen molar-refractivity contribution in [3.8, 4) is 0 Å². The van der Waals surface area contributed by atoms with Gasteiger partial charge in [-0.3, -0.25) is 9.69 Å². The number of fused-ring (bicyclic) bond motifs is 1. The molecule has 1 aliphatic carbocycles. The summed E-state index contributed by atoms with van der Waals surface area (Å²) < 4.78 is 6.35. The van der Waals surface area contributed by atoms with Gasteiger partial charge in [-0.2, -0.15) is 0 Å². The summed E-state index contributed by atoms with van der Waals surface area (Å²) in [5.41, 5.74) is 1.13. The second-order valence-corrected chi connectivity index (χ2v) is 18.0. The van der Waals surface area contributed by atoms with Gasteiger partial charge in [-0.05, 0) is 75.2 Å². The third-order valence-electron chi connectivity index (χ3n) is 8.93. The summed E-state index contributed by atoms with van der Waals surface area (Å²) in [6, 6.07) is 3.98. The molecule has 9 heteroatoms. The van der Waals surface area contributed by atoms with Crippen LogP contribution in [-0.4, -0.2) is 42.3 Å². The van der Waals surface area contributed by atoms with E-state index in [4.69, 9.17) is 26.0 Å². The van der Waals surface area contributed by atoms with E-state index in [1.165, 1.54) is 25.7 Å². The quantitative estimate of drug-likeness (QED) is 0.331. The fourth-order valence-electron chi connectivity index (χ4n) is 5.00. The van der Waals surface area contributed by atoms with Gasteiger partial charge in [0.2, 0.25) is 5.91 Å². The molecule has 2 aromatic heterocycles. The maximum atomic E-state index is 13.6. The first-order valence-corrected chi connectivity index (χ1v) is 16.3. The lowest BCUT2D eigenvalue weighted by Gasteiger charge is -2.35. The zero-order valence-electron chi connectivity index (χ0n) is 22.6. The Hall–Kier alpha value is -2.03. The molecule has 2 fully saturated rings. The lowest BCUT2D eigenvalue weighted by Crippen LogP contribution is -2.40. The van der Waals surface area contributed by atoms with Gasteiger partial charge in [0, 0.05) is 18.7 Å². The molecule has 1 amide bonds. The maximum absolute atomic E-state index is 13.6. The number of rotatable bonds is 5. The van der Waals surface area contributed by atoms with Crippen LogP contribution in [0.2, 0.25) is 23.3 Å². The molecule has 5 rings (SSSR count). The Balaban J connectivity index is 1.42. The number of hydrogen-bond acceptors (Lipinski definition) is 6. The van der Waals surface area contributed by atoms with E-state index in [-0.39, 0.29) is 17.6 Å². The van der Waals surface area contributed by atoms with E-state index in [1.54, 1.807) is 11.1 Å². The van der Waals surface area contributed by atoms with Crippen LogP contribution in [0.5, 0.6) is 0 Å². The number of nitrogens with zero attached hydrogens (tertiary/aromatic N) is 5. The highest BCUT2D eigenvalue weighted by atomic mass is 35.5. The molecule has 3 aliphatic rings. The molecule has 4 heterocycles. The van der Waals surface area contributed by atoms with Gasteiger partial charge in [-0.1, -0.05) is 32.4 Å². The van der Waals surface area contributed by atoms with E-state index in [1.807, 2.05) is 26.0 Å². The van der Waals surface area contributed by atoms with Gasteiger partial charge in [0.05, 0.1) is 23.9 Å². The zero-order valence-corrected chi connectivity index (χ0v) is 24.4. The molecule has 1 spiro atoms. The SMILES string of the molecule is CC1(C)C(=O)N(c2ccc(N3CCC4(CC3)CC4)nc2)c2nc(CO[Si](C)(C)C(C)(C)C)nc(Cl)c21. The smallest absolute Gasteiger partial charge is 0.243 e. The molecule has 2 aliphatic heterocycles. The van der Waals surface area contributed by atoms with Crippen molar-refractivity contribution < 1.29 is 9.22 Å². The Morgan fingerprint density at radius 3 is 2.31 bits per heavy atom. The summed E-state index contributed by atoms with van der Waals surface area (Å²) in [6.07, 6.45) is 7.04. The van der Waals surface area contributed by atoms with Gasteiger partial charge in [0.15, 0.2) is 14.1 Å². The van der Waals surface area contributed by atoms with Crippen LogP contribution >= 0.6 is 11.6 Å². The van der Waals surface area contributed by atoms with Crippen LogP contribution in [0.3, 0.4) is 0 Å². The lowest BCUT2D eigenvalue weighted by molar-refractivity contribution is -0.121. The molecule has 194 valence electrons. The molecule has 0 N–H and O–H groups in total. The van der Waals surface area contributed by atoms with Gasteiger partial charge < -0.3 is 9.33 Å². The van der Waals surface area contributed by atoms with Crippen molar-refractivity contribution in [2.45, 2.75) is 90.5 Å². The van der Waals surface area contributed by atoms with Crippen molar-refractivity contribution in [3.05, 3.63) is 34.9 Å². The van der Waals surface area contributed by atoms with E-state index in [9.17, 15) is 4.79 Å². The topological polar surface area (TPSA) is 71.5 Å². The van der Waals surface area contributed by atoms with E-state index in [0.717, 1.165) is 18.9 Å². The van der Waals surface area contributed by atoms with Crippen molar-refractivity contribution >= 4 is 43.1 Å².